The van der Waals surface area contributed by atoms with E-state index < -0.39 is 0 Å². The molecular formula is C21H28N6OS. The Balaban J connectivity index is 1.38. The van der Waals surface area contributed by atoms with Crippen LogP contribution < -0.4 is 4.90 Å². The number of hydrogen-bond acceptors (Lipinski definition) is 6. The molecule has 3 aromatic heterocycles. The number of aromatic nitrogens is 4. The summed E-state index contributed by atoms with van der Waals surface area (Å²) >= 11 is 1.62. The second-order valence-corrected chi connectivity index (χ2v) is 9.05. The molecular weight excluding hydrogens is 384 g/mol. The van der Waals surface area contributed by atoms with Gasteiger partial charge < -0.3 is 9.80 Å². The third-order valence-electron chi connectivity index (χ3n) is 5.46. The van der Waals surface area contributed by atoms with Crippen molar-refractivity contribution in [2.24, 2.45) is 5.92 Å². The first-order chi connectivity index (χ1) is 13.9. The highest BCUT2D eigenvalue weighted by Gasteiger charge is 2.25. The van der Waals surface area contributed by atoms with Gasteiger partial charge in [0.15, 0.2) is 5.13 Å². The van der Waals surface area contributed by atoms with Crippen molar-refractivity contribution in [1.82, 2.24) is 24.6 Å². The molecule has 7 nitrogen and oxygen atoms in total. The largest absolute Gasteiger partial charge is 0.344 e. The van der Waals surface area contributed by atoms with Crippen molar-refractivity contribution < 1.29 is 4.79 Å². The van der Waals surface area contributed by atoms with E-state index in [1.165, 1.54) is 0 Å². The molecule has 3 aromatic rings. The number of amides is 1. The van der Waals surface area contributed by atoms with E-state index in [1.807, 2.05) is 28.6 Å². The molecule has 29 heavy (non-hydrogen) atoms. The van der Waals surface area contributed by atoms with Crippen LogP contribution in [0.2, 0.25) is 0 Å². The van der Waals surface area contributed by atoms with Crippen molar-refractivity contribution in [2.45, 2.75) is 40.7 Å². The molecule has 4 heterocycles. The summed E-state index contributed by atoms with van der Waals surface area (Å²) in [7, 11) is 0. The molecule has 0 saturated carbocycles. The lowest BCUT2D eigenvalue weighted by atomic mass is 10.1. The standard InChI is InChI=1S/C21H28N6OS/c1-14(2)13-27-16(4)17(15(3)24-27)12-19(28)25-8-10-26(11-9-25)21-23-18-6-5-7-22-20(18)29-21/h5-7,14H,8-13H2,1-4H3. The zero-order valence-electron chi connectivity index (χ0n) is 17.6. The number of aryl methyl sites for hydroxylation is 1. The van der Waals surface area contributed by atoms with Crippen LogP contribution in [0.1, 0.15) is 30.8 Å². The minimum absolute atomic E-state index is 0.186. The van der Waals surface area contributed by atoms with Crippen LogP contribution in [0, 0.1) is 19.8 Å². The number of thiazole rings is 1. The van der Waals surface area contributed by atoms with E-state index in [4.69, 9.17) is 4.98 Å². The molecule has 0 aromatic carbocycles. The van der Waals surface area contributed by atoms with E-state index in [0.29, 0.717) is 12.3 Å². The van der Waals surface area contributed by atoms with Crippen LogP contribution in [-0.2, 0) is 17.8 Å². The average Bonchev–Trinajstić information content (AvgIpc) is 3.24. The third kappa shape index (κ3) is 4.12. The minimum atomic E-state index is 0.186. The fourth-order valence-electron chi connectivity index (χ4n) is 3.82. The van der Waals surface area contributed by atoms with Gasteiger partial charge in [-0.15, -0.1) is 0 Å². The van der Waals surface area contributed by atoms with Gasteiger partial charge in [0.05, 0.1) is 12.1 Å². The maximum absolute atomic E-state index is 12.9. The topological polar surface area (TPSA) is 67.2 Å². The van der Waals surface area contributed by atoms with Crippen LogP contribution in [0.25, 0.3) is 10.3 Å². The molecule has 0 radical (unpaired) electrons. The van der Waals surface area contributed by atoms with E-state index in [2.05, 4.69) is 35.8 Å². The lowest BCUT2D eigenvalue weighted by Crippen LogP contribution is -2.49. The summed E-state index contributed by atoms with van der Waals surface area (Å²) in [5.41, 5.74) is 4.10. The highest BCUT2D eigenvalue weighted by molar-refractivity contribution is 7.21. The van der Waals surface area contributed by atoms with E-state index >= 15 is 0 Å². The molecule has 1 saturated heterocycles. The summed E-state index contributed by atoms with van der Waals surface area (Å²) in [6.07, 6.45) is 2.23. The van der Waals surface area contributed by atoms with Gasteiger partial charge in [-0.3, -0.25) is 9.48 Å². The molecule has 154 valence electrons. The number of hydrogen-bond donors (Lipinski definition) is 0. The van der Waals surface area contributed by atoms with E-state index in [-0.39, 0.29) is 5.91 Å². The van der Waals surface area contributed by atoms with Gasteiger partial charge in [0.2, 0.25) is 5.91 Å². The summed E-state index contributed by atoms with van der Waals surface area (Å²) in [6.45, 7) is 12.4. The van der Waals surface area contributed by atoms with Gasteiger partial charge in [-0.25, -0.2) is 9.97 Å². The smallest absolute Gasteiger partial charge is 0.227 e. The monoisotopic (exact) mass is 412 g/mol. The normalized spacial score (nSPS) is 14.9. The Kier molecular flexibility index (Phi) is 5.54. The first-order valence-corrected chi connectivity index (χ1v) is 11.0. The fourth-order valence-corrected chi connectivity index (χ4v) is 4.78. The van der Waals surface area contributed by atoms with E-state index in [9.17, 15) is 4.79 Å². The Bertz CT molecular complexity index is 983. The molecule has 1 amide bonds. The summed E-state index contributed by atoms with van der Waals surface area (Å²) in [4.78, 5) is 27.2. The summed E-state index contributed by atoms with van der Waals surface area (Å²) < 4.78 is 2.04. The molecule has 0 bridgehead atoms. The molecule has 1 aliphatic heterocycles. The van der Waals surface area contributed by atoms with Gasteiger partial charge in [-0.2, -0.15) is 5.10 Å². The van der Waals surface area contributed by atoms with Gasteiger partial charge in [0.25, 0.3) is 0 Å². The number of piperazine rings is 1. The van der Waals surface area contributed by atoms with Crippen LogP contribution >= 0.6 is 11.3 Å². The van der Waals surface area contributed by atoms with Crippen molar-refractivity contribution in [1.29, 1.82) is 0 Å². The fraction of sp³-hybridized carbons (Fsp3) is 0.524. The SMILES string of the molecule is Cc1nn(CC(C)C)c(C)c1CC(=O)N1CCN(c2nc3cccnc3s2)CC1. The molecule has 0 unspecified atom stereocenters. The molecule has 1 aliphatic rings. The van der Waals surface area contributed by atoms with Crippen LogP contribution in [0.4, 0.5) is 5.13 Å². The molecule has 0 spiro atoms. The van der Waals surface area contributed by atoms with E-state index in [1.54, 1.807) is 17.5 Å². The summed E-state index contributed by atoms with van der Waals surface area (Å²) in [6, 6.07) is 3.90. The van der Waals surface area contributed by atoms with Gasteiger partial charge in [0.1, 0.15) is 10.3 Å². The lowest BCUT2D eigenvalue weighted by Gasteiger charge is -2.34. The second kappa shape index (κ2) is 8.10. The Hall–Kier alpha value is -2.48. The van der Waals surface area contributed by atoms with Gasteiger partial charge in [-0.1, -0.05) is 25.2 Å². The van der Waals surface area contributed by atoms with Crippen LogP contribution in [0.3, 0.4) is 0 Å². The predicted molar refractivity (Wildman–Crippen MR) is 116 cm³/mol. The minimum Gasteiger partial charge on any atom is -0.344 e. The maximum Gasteiger partial charge on any atom is 0.227 e. The Morgan fingerprint density at radius 3 is 2.66 bits per heavy atom. The zero-order chi connectivity index (χ0) is 20.5. The first-order valence-electron chi connectivity index (χ1n) is 10.2. The average molecular weight is 413 g/mol. The number of pyridine rings is 1. The Morgan fingerprint density at radius 2 is 1.97 bits per heavy atom. The molecule has 0 aliphatic carbocycles. The molecule has 4 rings (SSSR count). The number of fused-ring (bicyclic) bond motifs is 1. The number of anilines is 1. The van der Waals surface area contributed by atoms with E-state index in [0.717, 1.165) is 65.2 Å². The predicted octanol–water partition coefficient (Wildman–Crippen LogP) is 3.05. The van der Waals surface area contributed by atoms with Crippen LogP contribution in [-0.4, -0.2) is 56.7 Å². The lowest BCUT2D eigenvalue weighted by molar-refractivity contribution is -0.130. The van der Waals surface area contributed by atoms with Crippen molar-refractivity contribution in [2.75, 3.05) is 31.1 Å². The molecule has 1 fully saturated rings. The molecule has 0 atom stereocenters. The number of carbonyl (C=O) groups excluding carboxylic acids is 1. The number of carbonyl (C=O) groups is 1. The quantitative estimate of drug-likeness (QED) is 0.644. The highest BCUT2D eigenvalue weighted by Crippen LogP contribution is 2.27. The number of nitrogens with zero attached hydrogens (tertiary/aromatic N) is 6. The van der Waals surface area contributed by atoms with Gasteiger partial charge in [0, 0.05) is 50.2 Å². The molecule has 8 heteroatoms. The van der Waals surface area contributed by atoms with Crippen molar-refractivity contribution in [3.05, 3.63) is 35.3 Å². The molecule has 0 N–H and O–H groups in total. The third-order valence-corrected chi connectivity index (χ3v) is 6.50. The first kappa shape index (κ1) is 19.8. The van der Waals surface area contributed by atoms with Gasteiger partial charge >= 0.3 is 0 Å². The van der Waals surface area contributed by atoms with Gasteiger partial charge in [-0.05, 0) is 31.9 Å². The van der Waals surface area contributed by atoms with Crippen molar-refractivity contribution in [3.63, 3.8) is 0 Å². The van der Waals surface area contributed by atoms with Crippen molar-refractivity contribution >= 4 is 32.7 Å². The summed E-state index contributed by atoms with van der Waals surface area (Å²) in [5, 5.41) is 5.64. The summed E-state index contributed by atoms with van der Waals surface area (Å²) in [5.74, 6) is 0.716. The van der Waals surface area contributed by atoms with Crippen molar-refractivity contribution in [3.8, 4) is 0 Å². The maximum atomic E-state index is 12.9. The van der Waals surface area contributed by atoms with Crippen LogP contribution in [0.5, 0.6) is 0 Å². The second-order valence-electron chi connectivity index (χ2n) is 8.09. The zero-order valence-corrected chi connectivity index (χ0v) is 18.4. The number of rotatable bonds is 5. The Labute approximate surface area is 175 Å². The Morgan fingerprint density at radius 1 is 1.21 bits per heavy atom. The highest BCUT2D eigenvalue weighted by atomic mass is 32.1. The van der Waals surface area contributed by atoms with Crippen LogP contribution in [0.15, 0.2) is 18.3 Å².